The zero-order valence-electron chi connectivity index (χ0n) is 7.91. The van der Waals surface area contributed by atoms with Crippen LogP contribution < -0.4 is 5.32 Å². The predicted molar refractivity (Wildman–Crippen MR) is 54.3 cm³/mol. The molecule has 0 unspecified atom stereocenters. The smallest absolute Gasteiger partial charge is 0.214 e. The number of hydrogen-bond acceptors (Lipinski definition) is 3. The molecule has 1 rings (SSSR count). The van der Waals surface area contributed by atoms with Crippen LogP contribution in [0.4, 0.5) is 0 Å². The Morgan fingerprint density at radius 2 is 1.85 bits per heavy atom. The van der Waals surface area contributed by atoms with Crippen LogP contribution in [0.5, 0.6) is 0 Å². The fraction of sp³-hybridized carbons (Fsp3) is 1.00. The molecular weight excluding hydrogens is 204 g/mol. The van der Waals surface area contributed by atoms with Crippen molar-refractivity contribution in [1.82, 2.24) is 9.62 Å². The van der Waals surface area contributed by atoms with E-state index in [4.69, 9.17) is 0 Å². The summed E-state index contributed by atoms with van der Waals surface area (Å²) in [5.74, 6) is 0.285. The average Bonchev–Trinajstić information content (AvgIpc) is 2.06. The number of rotatable bonds is 3. The lowest BCUT2D eigenvalue weighted by molar-refractivity contribution is 0.360. The van der Waals surface area contributed by atoms with E-state index in [0.717, 1.165) is 13.1 Å². The molecule has 0 spiro atoms. The lowest BCUT2D eigenvalue weighted by atomic mass is 10.4. The molecule has 4 radical (unpaired) electrons. The summed E-state index contributed by atoms with van der Waals surface area (Å²) in [7, 11) is -2.94. The van der Waals surface area contributed by atoms with Crippen LogP contribution in [0.3, 0.4) is 0 Å². The van der Waals surface area contributed by atoms with Gasteiger partial charge in [-0.1, -0.05) is 6.92 Å². The highest BCUT2D eigenvalue weighted by molar-refractivity contribution is 7.89. The minimum Gasteiger partial charge on any atom is -0.314 e. The van der Waals surface area contributed by atoms with Gasteiger partial charge in [-0.05, 0) is 6.42 Å². The molecule has 0 amide bonds. The summed E-state index contributed by atoms with van der Waals surface area (Å²) in [4.78, 5) is 0. The topological polar surface area (TPSA) is 49.4 Å². The quantitative estimate of drug-likeness (QED) is 0.637. The molecule has 0 aliphatic carbocycles. The van der Waals surface area contributed by atoms with Crippen LogP contribution >= 0.6 is 0 Å². The molecule has 76 valence electrons. The Labute approximate surface area is 84.8 Å². The van der Waals surface area contributed by atoms with Gasteiger partial charge in [-0.25, -0.2) is 8.42 Å². The standard InChI is InChI=1S/C7H16N2O2S.Si/c1-2-7-12(10,11)9-5-3-8-4-6-9;/h8H,2-7H2,1H3;. The molecule has 4 nitrogen and oxygen atoms in total. The van der Waals surface area contributed by atoms with Gasteiger partial charge in [0.25, 0.3) is 0 Å². The van der Waals surface area contributed by atoms with Gasteiger partial charge in [-0.2, -0.15) is 4.31 Å². The maximum atomic E-state index is 11.5. The van der Waals surface area contributed by atoms with E-state index in [1.165, 1.54) is 0 Å². The molecule has 1 saturated heterocycles. The Morgan fingerprint density at radius 3 is 2.31 bits per heavy atom. The molecule has 1 N–H and O–H groups in total. The second kappa shape index (κ2) is 5.74. The molecule has 0 aromatic heterocycles. The first-order chi connectivity index (χ1) is 5.67. The van der Waals surface area contributed by atoms with E-state index in [2.05, 4.69) is 5.32 Å². The van der Waals surface area contributed by atoms with E-state index in [9.17, 15) is 8.42 Å². The van der Waals surface area contributed by atoms with Crippen molar-refractivity contribution in [2.75, 3.05) is 31.9 Å². The first kappa shape index (κ1) is 13.1. The van der Waals surface area contributed by atoms with Crippen molar-refractivity contribution >= 4 is 21.0 Å². The van der Waals surface area contributed by atoms with Crippen molar-refractivity contribution in [2.45, 2.75) is 13.3 Å². The summed E-state index contributed by atoms with van der Waals surface area (Å²) in [6.07, 6.45) is 0.701. The highest BCUT2D eigenvalue weighted by Gasteiger charge is 2.21. The fourth-order valence-corrected chi connectivity index (χ4v) is 2.82. The van der Waals surface area contributed by atoms with Gasteiger partial charge in [0, 0.05) is 37.1 Å². The minimum atomic E-state index is -2.94. The van der Waals surface area contributed by atoms with Crippen molar-refractivity contribution in [3.05, 3.63) is 0 Å². The van der Waals surface area contributed by atoms with E-state index in [1.807, 2.05) is 6.92 Å². The maximum Gasteiger partial charge on any atom is 0.214 e. The van der Waals surface area contributed by atoms with Crippen LogP contribution in [0.2, 0.25) is 0 Å². The molecule has 0 atom stereocenters. The van der Waals surface area contributed by atoms with E-state index >= 15 is 0 Å². The lowest BCUT2D eigenvalue weighted by Crippen LogP contribution is -2.47. The third-order valence-electron chi connectivity index (χ3n) is 1.93. The Hall–Kier alpha value is 0.0869. The number of nitrogens with one attached hydrogen (secondary N) is 1. The van der Waals surface area contributed by atoms with Crippen LogP contribution in [-0.4, -0.2) is 55.6 Å². The third kappa shape index (κ3) is 3.76. The predicted octanol–water partition coefficient (Wildman–Crippen LogP) is -0.749. The number of sulfonamides is 1. The van der Waals surface area contributed by atoms with Crippen LogP contribution in [0.1, 0.15) is 13.3 Å². The molecular formula is C7H16N2O2SSi. The largest absolute Gasteiger partial charge is 0.314 e. The second-order valence-corrected chi connectivity index (χ2v) is 5.05. The average molecular weight is 220 g/mol. The van der Waals surface area contributed by atoms with E-state index in [-0.39, 0.29) is 16.7 Å². The summed E-state index contributed by atoms with van der Waals surface area (Å²) < 4.78 is 24.5. The molecule has 13 heavy (non-hydrogen) atoms. The first-order valence-corrected chi connectivity index (χ1v) is 5.96. The minimum absolute atomic E-state index is 0. The molecule has 0 bridgehead atoms. The SMILES string of the molecule is CCCS(=O)(=O)N1CCNCC1.[Si]. The Kier molecular flexibility index (Phi) is 5.78. The molecule has 1 fully saturated rings. The summed E-state index contributed by atoms with van der Waals surface area (Å²) >= 11 is 0. The van der Waals surface area contributed by atoms with Gasteiger partial charge < -0.3 is 5.32 Å². The van der Waals surface area contributed by atoms with Crippen LogP contribution in [0.25, 0.3) is 0 Å². The summed E-state index contributed by atoms with van der Waals surface area (Å²) in [5, 5.41) is 3.12. The van der Waals surface area contributed by atoms with Crippen LogP contribution in [0.15, 0.2) is 0 Å². The highest BCUT2D eigenvalue weighted by atomic mass is 32.2. The summed E-state index contributed by atoms with van der Waals surface area (Å²) in [6, 6.07) is 0. The molecule has 6 heteroatoms. The number of nitrogens with zero attached hydrogens (tertiary/aromatic N) is 1. The third-order valence-corrected chi connectivity index (χ3v) is 4.01. The Morgan fingerprint density at radius 1 is 1.31 bits per heavy atom. The Balaban J connectivity index is 0.00000144. The van der Waals surface area contributed by atoms with Crippen molar-refractivity contribution in [3.8, 4) is 0 Å². The van der Waals surface area contributed by atoms with E-state index in [0.29, 0.717) is 19.5 Å². The zero-order valence-corrected chi connectivity index (χ0v) is 9.73. The van der Waals surface area contributed by atoms with Crippen LogP contribution in [-0.2, 0) is 10.0 Å². The monoisotopic (exact) mass is 220 g/mol. The zero-order chi connectivity index (χ0) is 9.03. The molecule has 1 aliphatic rings. The molecule has 0 saturated carbocycles. The fourth-order valence-electron chi connectivity index (χ4n) is 1.31. The molecule has 0 aromatic carbocycles. The van der Waals surface area contributed by atoms with Crippen LogP contribution in [0, 0.1) is 0 Å². The number of hydrogen-bond donors (Lipinski definition) is 1. The summed E-state index contributed by atoms with van der Waals surface area (Å²) in [5.41, 5.74) is 0. The maximum absolute atomic E-state index is 11.5. The second-order valence-electron chi connectivity index (χ2n) is 2.97. The van der Waals surface area contributed by atoms with Crippen molar-refractivity contribution < 1.29 is 8.42 Å². The lowest BCUT2D eigenvalue weighted by Gasteiger charge is -2.26. The summed E-state index contributed by atoms with van der Waals surface area (Å²) in [6.45, 7) is 4.70. The van der Waals surface area contributed by atoms with E-state index < -0.39 is 10.0 Å². The molecule has 1 heterocycles. The van der Waals surface area contributed by atoms with E-state index in [1.54, 1.807) is 4.31 Å². The van der Waals surface area contributed by atoms with Gasteiger partial charge in [0.15, 0.2) is 0 Å². The van der Waals surface area contributed by atoms with Gasteiger partial charge >= 0.3 is 0 Å². The van der Waals surface area contributed by atoms with Gasteiger partial charge in [-0.15, -0.1) is 0 Å². The highest BCUT2D eigenvalue weighted by Crippen LogP contribution is 2.03. The van der Waals surface area contributed by atoms with Crippen molar-refractivity contribution in [3.63, 3.8) is 0 Å². The molecule has 0 aromatic rings. The Bertz CT molecular complexity index is 225. The van der Waals surface area contributed by atoms with Crippen molar-refractivity contribution in [1.29, 1.82) is 0 Å². The molecule has 1 aliphatic heterocycles. The van der Waals surface area contributed by atoms with Crippen molar-refractivity contribution in [2.24, 2.45) is 0 Å². The van der Waals surface area contributed by atoms with Gasteiger partial charge in [-0.3, -0.25) is 0 Å². The first-order valence-electron chi connectivity index (χ1n) is 4.35. The van der Waals surface area contributed by atoms with Gasteiger partial charge in [0.1, 0.15) is 0 Å². The normalized spacial score (nSPS) is 19.5. The van der Waals surface area contributed by atoms with Gasteiger partial charge in [0.05, 0.1) is 5.75 Å². The number of piperazine rings is 1. The van der Waals surface area contributed by atoms with Gasteiger partial charge in [0.2, 0.25) is 10.0 Å².